The normalized spacial score (nSPS) is 24.2. The average Bonchev–Trinajstić information content (AvgIpc) is 2.39. The summed E-state index contributed by atoms with van der Waals surface area (Å²) in [6.45, 7) is 0. The molecule has 2 N–H and O–H groups in total. The van der Waals surface area contributed by atoms with Crippen LogP contribution in [0, 0.1) is 0 Å². The quantitative estimate of drug-likeness (QED) is 0.888. The Kier molecular flexibility index (Phi) is 4.29. The molecule has 3 nitrogen and oxygen atoms in total. The SMILES string of the molecule is CNC1CCC(Nc2ncccc2C(F)(F)F)CC1. The van der Waals surface area contributed by atoms with Gasteiger partial charge in [0.1, 0.15) is 5.82 Å². The van der Waals surface area contributed by atoms with E-state index in [4.69, 9.17) is 0 Å². The highest BCUT2D eigenvalue weighted by atomic mass is 19.4. The van der Waals surface area contributed by atoms with Gasteiger partial charge in [0, 0.05) is 18.3 Å². The van der Waals surface area contributed by atoms with Crippen molar-refractivity contribution in [3.63, 3.8) is 0 Å². The summed E-state index contributed by atoms with van der Waals surface area (Å²) in [4.78, 5) is 3.83. The number of anilines is 1. The number of rotatable bonds is 3. The number of nitrogens with zero attached hydrogens (tertiary/aromatic N) is 1. The molecule has 19 heavy (non-hydrogen) atoms. The van der Waals surface area contributed by atoms with E-state index in [1.807, 2.05) is 7.05 Å². The van der Waals surface area contributed by atoms with E-state index in [0.717, 1.165) is 31.7 Å². The average molecular weight is 273 g/mol. The second-order valence-electron chi connectivity index (χ2n) is 4.88. The van der Waals surface area contributed by atoms with Crippen molar-refractivity contribution < 1.29 is 13.2 Å². The first-order valence-corrected chi connectivity index (χ1v) is 6.46. The van der Waals surface area contributed by atoms with Gasteiger partial charge in [-0.05, 0) is 44.9 Å². The van der Waals surface area contributed by atoms with Crippen LogP contribution in [0.15, 0.2) is 18.3 Å². The zero-order valence-electron chi connectivity index (χ0n) is 10.8. The van der Waals surface area contributed by atoms with Gasteiger partial charge in [-0.3, -0.25) is 0 Å². The van der Waals surface area contributed by atoms with E-state index in [9.17, 15) is 13.2 Å². The lowest BCUT2D eigenvalue weighted by Crippen LogP contribution is -2.35. The summed E-state index contributed by atoms with van der Waals surface area (Å²) in [5.74, 6) is -0.0529. The molecule has 0 bridgehead atoms. The molecule has 0 saturated heterocycles. The van der Waals surface area contributed by atoms with E-state index in [1.54, 1.807) is 0 Å². The van der Waals surface area contributed by atoms with Crippen molar-refractivity contribution >= 4 is 5.82 Å². The Morgan fingerprint density at radius 1 is 1.16 bits per heavy atom. The molecule has 1 saturated carbocycles. The first kappa shape index (κ1) is 14.1. The molecule has 0 unspecified atom stereocenters. The van der Waals surface area contributed by atoms with E-state index in [2.05, 4.69) is 15.6 Å². The van der Waals surface area contributed by atoms with Gasteiger partial charge in [0.05, 0.1) is 5.56 Å². The predicted molar refractivity (Wildman–Crippen MR) is 68.0 cm³/mol. The van der Waals surface area contributed by atoms with E-state index in [0.29, 0.717) is 6.04 Å². The van der Waals surface area contributed by atoms with Crippen LogP contribution in [0.3, 0.4) is 0 Å². The van der Waals surface area contributed by atoms with Gasteiger partial charge in [-0.1, -0.05) is 0 Å². The van der Waals surface area contributed by atoms with E-state index < -0.39 is 11.7 Å². The second-order valence-corrected chi connectivity index (χ2v) is 4.88. The largest absolute Gasteiger partial charge is 0.419 e. The third kappa shape index (κ3) is 3.59. The molecule has 1 aliphatic carbocycles. The first-order chi connectivity index (χ1) is 9.00. The lowest BCUT2D eigenvalue weighted by molar-refractivity contribution is -0.137. The number of pyridine rings is 1. The van der Waals surface area contributed by atoms with Crippen molar-refractivity contribution in [3.05, 3.63) is 23.9 Å². The van der Waals surface area contributed by atoms with Gasteiger partial charge >= 0.3 is 6.18 Å². The summed E-state index contributed by atoms with van der Waals surface area (Å²) in [5, 5.41) is 6.14. The number of nitrogens with one attached hydrogen (secondary N) is 2. The smallest absolute Gasteiger partial charge is 0.367 e. The lowest BCUT2D eigenvalue weighted by Gasteiger charge is -2.29. The van der Waals surface area contributed by atoms with Gasteiger partial charge in [-0.25, -0.2) is 4.98 Å². The van der Waals surface area contributed by atoms with Crippen LogP contribution in [-0.2, 0) is 6.18 Å². The maximum absolute atomic E-state index is 12.8. The van der Waals surface area contributed by atoms with Gasteiger partial charge in [0.2, 0.25) is 0 Å². The van der Waals surface area contributed by atoms with Crippen LogP contribution in [0.25, 0.3) is 0 Å². The van der Waals surface area contributed by atoms with Crippen molar-refractivity contribution in [2.24, 2.45) is 0 Å². The molecular formula is C13H18F3N3. The Labute approximate surface area is 110 Å². The number of hydrogen-bond donors (Lipinski definition) is 2. The van der Waals surface area contributed by atoms with Crippen molar-refractivity contribution in [1.82, 2.24) is 10.3 Å². The first-order valence-electron chi connectivity index (χ1n) is 6.46. The highest BCUT2D eigenvalue weighted by molar-refractivity contribution is 5.46. The zero-order chi connectivity index (χ0) is 13.9. The Bertz CT molecular complexity index is 412. The number of hydrogen-bond acceptors (Lipinski definition) is 3. The maximum Gasteiger partial charge on any atom is 0.419 e. The minimum atomic E-state index is -4.36. The second kappa shape index (κ2) is 5.77. The third-order valence-electron chi connectivity index (χ3n) is 3.59. The van der Waals surface area contributed by atoms with E-state index >= 15 is 0 Å². The molecule has 1 fully saturated rings. The van der Waals surface area contributed by atoms with Crippen LogP contribution in [-0.4, -0.2) is 24.1 Å². The minimum Gasteiger partial charge on any atom is -0.367 e. The molecule has 0 radical (unpaired) electrons. The molecule has 2 rings (SSSR count). The summed E-state index contributed by atoms with van der Waals surface area (Å²) < 4.78 is 38.5. The molecular weight excluding hydrogens is 255 g/mol. The van der Waals surface area contributed by atoms with Crippen molar-refractivity contribution in [2.75, 3.05) is 12.4 Å². The van der Waals surface area contributed by atoms with Crippen molar-refractivity contribution in [1.29, 1.82) is 0 Å². The molecule has 1 aliphatic rings. The summed E-state index contributed by atoms with van der Waals surface area (Å²) in [5.41, 5.74) is -0.689. The Morgan fingerprint density at radius 2 is 1.79 bits per heavy atom. The molecule has 0 aliphatic heterocycles. The molecule has 1 aromatic heterocycles. The predicted octanol–water partition coefficient (Wildman–Crippen LogP) is 3.04. The number of aromatic nitrogens is 1. The van der Waals surface area contributed by atoms with Crippen LogP contribution in [0.5, 0.6) is 0 Å². The van der Waals surface area contributed by atoms with Crippen LogP contribution in [0.2, 0.25) is 0 Å². The molecule has 0 amide bonds. The molecule has 0 atom stereocenters. The van der Waals surface area contributed by atoms with Gasteiger partial charge in [0.15, 0.2) is 0 Å². The van der Waals surface area contributed by atoms with Gasteiger partial charge in [0.25, 0.3) is 0 Å². The summed E-state index contributed by atoms with van der Waals surface area (Å²) in [6.07, 6.45) is 0.693. The van der Waals surface area contributed by atoms with Crippen molar-refractivity contribution in [2.45, 2.75) is 43.9 Å². The van der Waals surface area contributed by atoms with Crippen LogP contribution >= 0.6 is 0 Å². The third-order valence-corrected chi connectivity index (χ3v) is 3.59. The highest BCUT2D eigenvalue weighted by Gasteiger charge is 2.34. The molecule has 1 heterocycles. The van der Waals surface area contributed by atoms with Crippen LogP contribution in [0.4, 0.5) is 19.0 Å². The maximum atomic E-state index is 12.8. The van der Waals surface area contributed by atoms with Gasteiger partial charge < -0.3 is 10.6 Å². The molecule has 106 valence electrons. The summed E-state index contributed by atoms with van der Waals surface area (Å²) in [7, 11) is 1.92. The standard InChI is InChI=1S/C13H18F3N3/c1-17-9-4-6-10(7-5-9)19-12-11(13(14,15)16)3-2-8-18-12/h2-3,8-10,17H,4-7H2,1H3,(H,18,19). The zero-order valence-corrected chi connectivity index (χ0v) is 10.8. The lowest BCUT2D eigenvalue weighted by atomic mass is 9.91. The fourth-order valence-corrected chi connectivity index (χ4v) is 2.47. The Hall–Kier alpha value is -1.30. The summed E-state index contributed by atoms with van der Waals surface area (Å²) in [6, 6.07) is 2.92. The minimum absolute atomic E-state index is 0.0529. The molecule has 0 aromatic carbocycles. The number of alkyl halides is 3. The monoisotopic (exact) mass is 273 g/mol. The Balaban J connectivity index is 2.04. The summed E-state index contributed by atoms with van der Waals surface area (Å²) >= 11 is 0. The molecule has 0 spiro atoms. The molecule has 6 heteroatoms. The Morgan fingerprint density at radius 3 is 2.37 bits per heavy atom. The fourth-order valence-electron chi connectivity index (χ4n) is 2.47. The number of halogens is 3. The van der Waals surface area contributed by atoms with E-state index in [1.165, 1.54) is 12.3 Å². The van der Waals surface area contributed by atoms with Crippen LogP contribution in [0.1, 0.15) is 31.2 Å². The molecule has 1 aromatic rings. The van der Waals surface area contributed by atoms with Gasteiger partial charge in [-0.2, -0.15) is 13.2 Å². The van der Waals surface area contributed by atoms with E-state index in [-0.39, 0.29) is 11.9 Å². The topological polar surface area (TPSA) is 37.0 Å². The fraction of sp³-hybridized carbons (Fsp3) is 0.615. The highest BCUT2D eigenvalue weighted by Crippen LogP contribution is 2.34. The van der Waals surface area contributed by atoms with Crippen molar-refractivity contribution in [3.8, 4) is 0 Å². The van der Waals surface area contributed by atoms with Crippen LogP contribution < -0.4 is 10.6 Å². The van der Waals surface area contributed by atoms with Gasteiger partial charge in [-0.15, -0.1) is 0 Å².